The highest BCUT2D eigenvalue weighted by Gasteiger charge is 1.89. The second-order valence-corrected chi connectivity index (χ2v) is 1.63. The minimum Gasteiger partial charge on any atom is -0.465 e. The molecule has 0 saturated carbocycles. The smallest absolute Gasteiger partial charge is 0.404 e. The van der Waals surface area contributed by atoms with Gasteiger partial charge in [-0.15, -0.1) is 0 Å². The van der Waals surface area contributed by atoms with E-state index >= 15 is 0 Å². The van der Waals surface area contributed by atoms with Crippen molar-refractivity contribution in [3.63, 3.8) is 0 Å². The van der Waals surface area contributed by atoms with E-state index in [-0.39, 0.29) is 0 Å². The zero-order chi connectivity index (χ0) is 9.11. The molecule has 0 aliphatic heterocycles. The maximum Gasteiger partial charge on any atom is 0.404 e. The third-order valence-corrected chi connectivity index (χ3v) is 0.582. The van der Waals surface area contributed by atoms with Crippen LogP contribution in [0.15, 0.2) is 0 Å². The Labute approximate surface area is 66.3 Å². The topological polar surface area (TPSA) is 67.8 Å². The van der Waals surface area contributed by atoms with Gasteiger partial charge in [-0.1, -0.05) is 0 Å². The van der Waals surface area contributed by atoms with Crippen LogP contribution in [0, 0.1) is 0 Å². The van der Waals surface area contributed by atoms with Crippen molar-refractivity contribution >= 4 is 6.09 Å². The van der Waals surface area contributed by atoms with Gasteiger partial charge in [-0.2, -0.15) is 0 Å². The molecule has 0 aliphatic rings. The summed E-state index contributed by atoms with van der Waals surface area (Å²) in [6, 6.07) is 0. The fourth-order valence-electron chi connectivity index (χ4n) is 0.260. The summed E-state index contributed by atoms with van der Waals surface area (Å²) in [7, 11) is 4.77. The molecule has 2 N–H and O–H groups in total. The van der Waals surface area contributed by atoms with Gasteiger partial charge in [0, 0.05) is 27.9 Å². The molecule has 5 heteroatoms. The van der Waals surface area contributed by atoms with E-state index in [1.54, 1.807) is 14.2 Å². The van der Waals surface area contributed by atoms with Gasteiger partial charge >= 0.3 is 6.09 Å². The van der Waals surface area contributed by atoms with E-state index in [1.165, 1.54) is 7.11 Å². The third kappa shape index (κ3) is 27.1. The SMILES string of the molecule is COC.COCCNC(=O)O. The summed E-state index contributed by atoms with van der Waals surface area (Å²) in [5.74, 6) is 0. The Morgan fingerprint density at radius 3 is 2.18 bits per heavy atom. The molecule has 0 fully saturated rings. The minimum absolute atomic E-state index is 0.353. The van der Waals surface area contributed by atoms with Crippen molar-refractivity contribution in [2.45, 2.75) is 0 Å². The van der Waals surface area contributed by atoms with Crippen LogP contribution in [-0.2, 0) is 9.47 Å². The van der Waals surface area contributed by atoms with E-state index in [0.29, 0.717) is 13.2 Å². The van der Waals surface area contributed by atoms with Crippen molar-refractivity contribution in [2.75, 3.05) is 34.5 Å². The van der Waals surface area contributed by atoms with Gasteiger partial charge in [0.15, 0.2) is 0 Å². The van der Waals surface area contributed by atoms with E-state index in [2.05, 4.69) is 14.8 Å². The van der Waals surface area contributed by atoms with Crippen molar-refractivity contribution in [2.24, 2.45) is 0 Å². The number of nitrogens with one attached hydrogen (secondary N) is 1. The van der Waals surface area contributed by atoms with Crippen LogP contribution in [-0.4, -0.2) is 45.7 Å². The molecule has 0 aromatic heterocycles. The molecule has 11 heavy (non-hydrogen) atoms. The fraction of sp³-hybridized carbons (Fsp3) is 0.833. The maximum absolute atomic E-state index is 9.71. The summed E-state index contributed by atoms with van der Waals surface area (Å²) >= 11 is 0. The molecule has 0 aliphatic carbocycles. The molecule has 1 amide bonds. The van der Waals surface area contributed by atoms with Crippen molar-refractivity contribution in [3.05, 3.63) is 0 Å². The van der Waals surface area contributed by atoms with Crippen LogP contribution in [0.5, 0.6) is 0 Å². The number of rotatable bonds is 3. The molecule has 0 aromatic carbocycles. The van der Waals surface area contributed by atoms with Crippen LogP contribution >= 0.6 is 0 Å². The number of carboxylic acid groups (broad SMARTS) is 1. The van der Waals surface area contributed by atoms with Gasteiger partial charge in [-0.25, -0.2) is 4.79 Å². The molecule has 0 rings (SSSR count). The Balaban J connectivity index is 0. The van der Waals surface area contributed by atoms with Crippen LogP contribution in [0.3, 0.4) is 0 Å². The van der Waals surface area contributed by atoms with Crippen molar-refractivity contribution < 1.29 is 19.4 Å². The number of methoxy groups -OCH3 is 2. The zero-order valence-corrected chi connectivity index (χ0v) is 7.09. The average molecular weight is 165 g/mol. The first kappa shape index (κ1) is 12.8. The first-order valence-electron chi connectivity index (χ1n) is 3.04. The summed E-state index contributed by atoms with van der Waals surface area (Å²) in [6.45, 7) is 0.776. The zero-order valence-electron chi connectivity index (χ0n) is 7.09. The second-order valence-electron chi connectivity index (χ2n) is 1.63. The van der Waals surface area contributed by atoms with Crippen LogP contribution in [0.1, 0.15) is 0 Å². The Bertz CT molecular complexity index is 86.7. The predicted molar refractivity (Wildman–Crippen MR) is 40.8 cm³/mol. The lowest BCUT2D eigenvalue weighted by atomic mass is 10.7. The summed E-state index contributed by atoms with van der Waals surface area (Å²) in [6.07, 6.45) is -1.01. The standard InChI is InChI=1S/C4H9NO3.C2H6O/c1-8-3-2-5-4(6)7;1-3-2/h5H,2-3H2,1H3,(H,6,7);1-2H3. The van der Waals surface area contributed by atoms with Crippen LogP contribution in [0.25, 0.3) is 0 Å². The quantitative estimate of drug-likeness (QED) is 0.585. The molecule has 0 saturated heterocycles. The number of ether oxygens (including phenoxy) is 2. The molecule has 0 heterocycles. The van der Waals surface area contributed by atoms with E-state index in [0.717, 1.165) is 0 Å². The molecule has 68 valence electrons. The first-order valence-corrected chi connectivity index (χ1v) is 3.04. The van der Waals surface area contributed by atoms with Gasteiger partial charge < -0.3 is 19.9 Å². The summed E-state index contributed by atoms with van der Waals surface area (Å²) < 4.78 is 8.82. The van der Waals surface area contributed by atoms with E-state index in [9.17, 15) is 4.79 Å². The molecule has 0 radical (unpaired) electrons. The van der Waals surface area contributed by atoms with Crippen LogP contribution < -0.4 is 5.32 Å². The number of amides is 1. The molecule has 0 unspecified atom stereocenters. The van der Waals surface area contributed by atoms with Crippen molar-refractivity contribution in [3.8, 4) is 0 Å². The summed E-state index contributed by atoms with van der Waals surface area (Å²) in [5.41, 5.74) is 0. The Morgan fingerprint density at radius 2 is 1.91 bits per heavy atom. The van der Waals surface area contributed by atoms with Crippen molar-refractivity contribution in [1.29, 1.82) is 0 Å². The lowest BCUT2D eigenvalue weighted by Gasteiger charge is -1.96. The first-order chi connectivity index (χ1) is 5.18. The van der Waals surface area contributed by atoms with Crippen molar-refractivity contribution in [1.82, 2.24) is 5.32 Å². The van der Waals surface area contributed by atoms with E-state index < -0.39 is 6.09 Å². The minimum atomic E-state index is -1.01. The van der Waals surface area contributed by atoms with Crippen LogP contribution in [0.4, 0.5) is 4.79 Å². The molecule has 0 aromatic rings. The predicted octanol–water partition coefficient (Wildman–Crippen LogP) is 0.163. The van der Waals surface area contributed by atoms with E-state index in [1.807, 2.05) is 0 Å². The highest BCUT2D eigenvalue weighted by Crippen LogP contribution is 1.63. The lowest BCUT2D eigenvalue weighted by molar-refractivity contribution is 0.176. The normalized spacial score (nSPS) is 7.91. The number of hydrogen-bond acceptors (Lipinski definition) is 3. The van der Waals surface area contributed by atoms with Gasteiger partial charge in [0.2, 0.25) is 0 Å². The third-order valence-electron chi connectivity index (χ3n) is 0.582. The van der Waals surface area contributed by atoms with Crippen LogP contribution in [0.2, 0.25) is 0 Å². The lowest BCUT2D eigenvalue weighted by Crippen LogP contribution is -2.24. The van der Waals surface area contributed by atoms with E-state index in [4.69, 9.17) is 5.11 Å². The number of carbonyl (C=O) groups is 1. The molecule has 5 nitrogen and oxygen atoms in total. The fourth-order valence-corrected chi connectivity index (χ4v) is 0.260. The Kier molecular flexibility index (Phi) is 13.9. The van der Waals surface area contributed by atoms with Gasteiger partial charge in [0.05, 0.1) is 6.61 Å². The van der Waals surface area contributed by atoms with Gasteiger partial charge in [0.25, 0.3) is 0 Å². The average Bonchev–Trinajstić information content (AvgIpc) is 1.89. The molecular weight excluding hydrogens is 150 g/mol. The Morgan fingerprint density at radius 1 is 1.45 bits per heavy atom. The molecule has 0 bridgehead atoms. The molecule has 0 spiro atoms. The molecule has 0 atom stereocenters. The van der Waals surface area contributed by atoms with Gasteiger partial charge in [-0.3, -0.25) is 0 Å². The maximum atomic E-state index is 9.71. The number of hydrogen-bond donors (Lipinski definition) is 2. The summed E-state index contributed by atoms with van der Waals surface area (Å²) in [5, 5.41) is 10.1. The highest BCUT2D eigenvalue weighted by molar-refractivity contribution is 5.64. The Hall–Kier alpha value is -0.810. The highest BCUT2D eigenvalue weighted by atomic mass is 16.5. The second kappa shape index (κ2) is 11.9. The largest absolute Gasteiger partial charge is 0.465 e. The monoisotopic (exact) mass is 165 g/mol. The van der Waals surface area contributed by atoms with Gasteiger partial charge in [-0.05, 0) is 0 Å². The van der Waals surface area contributed by atoms with Gasteiger partial charge in [0.1, 0.15) is 0 Å². The summed E-state index contributed by atoms with van der Waals surface area (Å²) in [4.78, 5) is 9.71. The molecular formula is C6H15NO4.